The summed E-state index contributed by atoms with van der Waals surface area (Å²) in [6.45, 7) is 1.60. The minimum Gasteiger partial charge on any atom is -0.390 e. The summed E-state index contributed by atoms with van der Waals surface area (Å²) in [6, 6.07) is 3.99. The summed E-state index contributed by atoms with van der Waals surface area (Å²) in [5.74, 6) is 0.0568. The number of ether oxygens (including phenoxy) is 1. The molecule has 1 aromatic heterocycles. The van der Waals surface area contributed by atoms with Gasteiger partial charge in [-0.2, -0.15) is 0 Å². The van der Waals surface area contributed by atoms with E-state index in [4.69, 9.17) is 4.74 Å². The number of methoxy groups -OCH3 is 1. The van der Waals surface area contributed by atoms with Crippen molar-refractivity contribution in [2.24, 2.45) is 5.92 Å². The Hall–Kier alpha value is -1.33. The van der Waals surface area contributed by atoms with Crippen molar-refractivity contribution in [3.63, 3.8) is 0 Å². The maximum Gasteiger partial charge on any atom is 0.223 e. The standard InChI is InChI=1S/C15H24N2O3/c1-20-14-11-12(5-6-13(14)18)15(19)16-7-4-10-17-8-2-3-9-17/h2-3,8-9,12-14,18H,4-7,10-11H2,1H3,(H,16,19)/t12-,13+,14-/m1/s1. The second-order valence-corrected chi connectivity index (χ2v) is 5.42. The zero-order valence-corrected chi connectivity index (χ0v) is 12.0. The van der Waals surface area contributed by atoms with E-state index in [0.29, 0.717) is 19.4 Å². The molecule has 3 atom stereocenters. The molecule has 0 unspecified atom stereocenters. The lowest BCUT2D eigenvalue weighted by atomic mass is 9.84. The molecular weight excluding hydrogens is 256 g/mol. The van der Waals surface area contributed by atoms with Gasteiger partial charge in [-0.3, -0.25) is 4.79 Å². The number of hydrogen-bond acceptors (Lipinski definition) is 3. The Bertz CT molecular complexity index is 405. The topological polar surface area (TPSA) is 63.5 Å². The van der Waals surface area contributed by atoms with Crippen LogP contribution in [0.25, 0.3) is 0 Å². The van der Waals surface area contributed by atoms with Crippen LogP contribution < -0.4 is 5.32 Å². The van der Waals surface area contributed by atoms with Crippen LogP contribution in [0.5, 0.6) is 0 Å². The van der Waals surface area contributed by atoms with E-state index in [1.165, 1.54) is 0 Å². The van der Waals surface area contributed by atoms with Gasteiger partial charge < -0.3 is 19.7 Å². The predicted molar refractivity (Wildman–Crippen MR) is 76.2 cm³/mol. The summed E-state index contributed by atoms with van der Waals surface area (Å²) >= 11 is 0. The van der Waals surface area contributed by atoms with E-state index in [0.717, 1.165) is 19.4 Å². The third-order valence-corrected chi connectivity index (χ3v) is 3.99. The molecule has 1 aromatic rings. The summed E-state index contributed by atoms with van der Waals surface area (Å²) in [7, 11) is 1.59. The van der Waals surface area contributed by atoms with Gasteiger partial charge in [-0.05, 0) is 37.8 Å². The molecule has 1 aliphatic carbocycles. The van der Waals surface area contributed by atoms with Gasteiger partial charge in [-0.25, -0.2) is 0 Å². The molecule has 0 aliphatic heterocycles. The van der Waals surface area contributed by atoms with E-state index in [1.54, 1.807) is 7.11 Å². The minimum absolute atomic E-state index is 0.0325. The maximum absolute atomic E-state index is 12.1. The number of nitrogens with zero attached hydrogens (tertiary/aromatic N) is 1. The molecule has 5 nitrogen and oxygen atoms in total. The number of aliphatic hydroxyl groups excluding tert-OH is 1. The third-order valence-electron chi connectivity index (χ3n) is 3.99. The molecule has 1 heterocycles. The van der Waals surface area contributed by atoms with Crippen molar-refractivity contribution >= 4 is 5.91 Å². The van der Waals surface area contributed by atoms with Crippen LogP contribution in [0.15, 0.2) is 24.5 Å². The van der Waals surface area contributed by atoms with E-state index in [1.807, 2.05) is 24.5 Å². The summed E-state index contributed by atoms with van der Waals surface area (Å²) < 4.78 is 7.33. The fraction of sp³-hybridized carbons (Fsp3) is 0.667. The van der Waals surface area contributed by atoms with E-state index in [2.05, 4.69) is 9.88 Å². The summed E-state index contributed by atoms with van der Waals surface area (Å²) in [5.41, 5.74) is 0. The second kappa shape index (κ2) is 7.45. The molecule has 0 saturated heterocycles. The Labute approximate surface area is 119 Å². The molecule has 1 saturated carbocycles. The van der Waals surface area contributed by atoms with Gasteiger partial charge in [0.05, 0.1) is 12.2 Å². The number of carbonyl (C=O) groups excluding carboxylic acids is 1. The quantitative estimate of drug-likeness (QED) is 0.769. The molecule has 1 fully saturated rings. The second-order valence-electron chi connectivity index (χ2n) is 5.42. The number of aromatic nitrogens is 1. The van der Waals surface area contributed by atoms with Gasteiger partial charge in [0.15, 0.2) is 0 Å². The third kappa shape index (κ3) is 4.08. The number of aliphatic hydroxyl groups is 1. The van der Waals surface area contributed by atoms with Crippen LogP contribution in [0.1, 0.15) is 25.7 Å². The zero-order valence-electron chi connectivity index (χ0n) is 12.0. The Balaban J connectivity index is 1.66. The molecule has 1 amide bonds. The Morgan fingerprint density at radius 2 is 2.15 bits per heavy atom. The molecule has 2 N–H and O–H groups in total. The number of amides is 1. The first kappa shape index (κ1) is 15.1. The van der Waals surface area contributed by atoms with Crippen molar-refractivity contribution in [2.45, 2.75) is 44.4 Å². The van der Waals surface area contributed by atoms with Crippen LogP contribution >= 0.6 is 0 Å². The highest BCUT2D eigenvalue weighted by molar-refractivity contribution is 5.78. The molecule has 112 valence electrons. The number of aryl methyl sites for hydroxylation is 1. The van der Waals surface area contributed by atoms with E-state index in [-0.39, 0.29) is 17.9 Å². The lowest BCUT2D eigenvalue weighted by molar-refractivity contribution is -0.130. The zero-order chi connectivity index (χ0) is 14.4. The Morgan fingerprint density at radius 1 is 1.40 bits per heavy atom. The monoisotopic (exact) mass is 280 g/mol. The van der Waals surface area contributed by atoms with Crippen molar-refractivity contribution in [3.05, 3.63) is 24.5 Å². The normalized spacial score (nSPS) is 26.4. The van der Waals surface area contributed by atoms with Gasteiger partial charge in [-0.15, -0.1) is 0 Å². The first-order chi connectivity index (χ1) is 9.70. The molecule has 0 bridgehead atoms. The molecule has 0 radical (unpaired) electrons. The van der Waals surface area contributed by atoms with Crippen molar-refractivity contribution < 1.29 is 14.6 Å². The van der Waals surface area contributed by atoms with E-state index < -0.39 is 6.10 Å². The van der Waals surface area contributed by atoms with Gasteiger partial charge in [0.2, 0.25) is 5.91 Å². The smallest absolute Gasteiger partial charge is 0.223 e. The average molecular weight is 280 g/mol. The van der Waals surface area contributed by atoms with E-state index in [9.17, 15) is 9.90 Å². The van der Waals surface area contributed by atoms with E-state index >= 15 is 0 Å². The Morgan fingerprint density at radius 3 is 2.85 bits per heavy atom. The van der Waals surface area contributed by atoms with Crippen molar-refractivity contribution in [2.75, 3.05) is 13.7 Å². The van der Waals surface area contributed by atoms with Gasteiger partial charge in [-0.1, -0.05) is 0 Å². The summed E-state index contributed by atoms with van der Waals surface area (Å²) in [6.07, 6.45) is 6.31. The summed E-state index contributed by atoms with van der Waals surface area (Å²) in [5, 5.41) is 12.7. The molecule has 0 aromatic carbocycles. The van der Waals surface area contributed by atoms with Crippen LogP contribution in [0.2, 0.25) is 0 Å². The molecular formula is C15H24N2O3. The van der Waals surface area contributed by atoms with Gasteiger partial charge >= 0.3 is 0 Å². The highest BCUT2D eigenvalue weighted by Gasteiger charge is 2.32. The number of carbonyl (C=O) groups is 1. The van der Waals surface area contributed by atoms with Crippen molar-refractivity contribution in [1.82, 2.24) is 9.88 Å². The van der Waals surface area contributed by atoms with Crippen LogP contribution in [-0.2, 0) is 16.1 Å². The predicted octanol–water partition coefficient (Wildman–Crippen LogP) is 1.17. The first-order valence-electron chi connectivity index (χ1n) is 7.30. The average Bonchev–Trinajstić information content (AvgIpc) is 2.97. The minimum atomic E-state index is -0.433. The van der Waals surface area contributed by atoms with Crippen LogP contribution in [0.3, 0.4) is 0 Å². The van der Waals surface area contributed by atoms with Crippen molar-refractivity contribution in [3.8, 4) is 0 Å². The lowest BCUT2D eigenvalue weighted by Crippen LogP contribution is -2.41. The number of rotatable bonds is 6. The fourth-order valence-corrected chi connectivity index (χ4v) is 2.74. The molecule has 2 rings (SSSR count). The van der Waals surface area contributed by atoms with Gasteiger partial charge in [0.25, 0.3) is 0 Å². The number of hydrogen-bond donors (Lipinski definition) is 2. The molecule has 0 spiro atoms. The van der Waals surface area contributed by atoms with Crippen LogP contribution in [0, 0.1) is 5.92 Å². The highest BCUT2D eigenvalue weighted by atomic mass is 16.5. The maximum atomic E-state index is 12.1. The molecule has 1 aliphatic rings. The van der Waals surface area contributed by atoms with Gasteiger partial charge in [0.1, 0.15) is 0 Å². The largest absolute Gasteiger partial charge is 0.390 e. The fourth-order valence-electron chi connectivity index (χ4n) is 2.74. The molecule has 20 heavy (non-hydrogen) atoms. The van der Waals surface area contributed by atoms with Gasteiger partial charge in [0, 0.05) is 38.5 Å². The van der Waals surface area contributed by atoms with Crippen LogP contribution in [0.4, 0.5) is 0 Å². The SMILES string of the molecule is CO[C@@H]1C[C@H](C(=O)NCCCn2cccc2)CC[C@@H]1O. The highest BCUT2D eigenvalue weighted by Crippen LogP contribution is 2.26. The molecule has 5 heteroatoms. The first-order valence-corrected chi connectivity index (χ1v) is 7.30. The Kier molecular flexibility index (Phi) is 5.61. The summed E-state index contributed by atoms with van der Waals surface area (Å²) in [4.78, 5) is 12.1. The van der Waals surface area contributed by atoms with Crippen molar-refractivity contribution in [1.29, 1.82) is 0 Å². The lowest BCUT2D eigenvalue weighted by Gasteiger charge is -2.31. The number of nitrogens with one attached hydrogen (secondary N) is 1. The van der Waals surface area contributed by atoms with Crippen LogP contribution in [-0.4, -0.2) is 41.4 Å².